The lowest BCUT2D eigenvalue weighted by atomic mass is 9.87. The van der Waals surface area contributed by atoms with Crippen LogP contribution in [-0.2, 0) is 4.79 Å². The van der Waals surface area contributed by atoms with Crippen molar-refractivity contribution in [2.75, 3.05) is 18.9 Å². The Morgan fingerprint density at radius 2 is 2.06 bits per heavy atom. The van der Waals surface area contributed by atoms with Crippen molar-refractivity contribution in [3.05, 3.63) is 0 Å². The number of thioether (sulfide) groups is 1. The first-order valence-electron chi connectivity index (χ1n) is 6.76. The van der Waals surface area contributed by atoms with E-state index in [9.17, 15) is 9.90 Å². The van der Waals surface area contributed by atoms with E-state index in [1.54, 1.807) is 11.8 Å². The second kappa shape index (κ2) is 6.10. The molecular formula is C13H23NO2S. The van der Waals surface area contributed by atoms with Crippen LogP contribution in [0, 0.1) is 5.41 Å². The van der Waals surface area contributed by atoms with Crippen molar-refractivity contribution in [1.82, 2.24) is 5.32 Å². The Bertz CT molecular complexity index is 258. The average Bonchev–Trinajstić information content (AvgIpc) is 2.86. The Morgan fingerprint density at radius 1 is 1.29 bits per heavy atom. The van der Waals surface area contributed by atoms with Crippen molar-refractivity contribution in [2.45, 2.75) is 50.2 Å². The SMILES string of the molecule is O=C(NCC1(CO)CCCC1)C1CCCCS1. The molecule has 17 heavy (non-hydrogen) atoms. The highest BCUT2D eigenvalue weighted by atomic mass is 32.2. The molecule has 0 bridgehead atoms. The maximum Gasteiger partial charge on any atom is 0.233 e. The van der Waals surface area contributed by atoms with Crippen molar-refractivity contribution in [1.29, 1.82) is 0 Å². The van der Waals surface area contributed by atoms with E-state index >= 15 is 0 Å². The molecule has 0 spiro atoms. The first-order chi connectivity index (χ1) is 8.26. The van der Waals surface area contributed by atoms with Crippen LogP contribution in [-0.4, -0.2) is 35.2 Å². The van der Waals surface area contributed by atoms with Gasteiger partial charge in [0.05, 0.1) is 11.9 Å². The number of amides is 1. The lowest BCUT2D eigenvalue weighted by Gasteiger charge is -2.28. The van der Waals surface area contributed by atoms with Crippen LogP contribution in [0.3, 0.4) is 0 Å². The normalized spacial score (nSPS) is 27.9. The Kier molecular flexibility index (Phi) is 4.74. The van der Waals surface area contributed by atoms with Crippen LogP contribution in [0.1, 0.15) is 44.9 Å². The molecule has 2 fully saturated rings. The van der Waals surface area contributed by atoms with Gasteiger partial charge in [0.15, 0.2) is 0 Å². The van der Waals surface area contributed by atoms with Crippen LogP contribution in [0.15, 0.2) is 0 Å². The van der Waals surface area contributed by atoms with Crippen molar-refractivity contribution >= 4 is 17.7 Å². The van der Waals surface area contributed by atoms with Gasteiger partial charge in [-0.2, -0.15) is 0 Å². The quantitative estimate of drug-likeness (QED) is 0.809. The van der Waals surface area contributed by atoms with Crippen LogP contribution < -0.4 is 5.32 Å². The number of rotatable bonds is 4. The average molecular weight is 257 g/mol. The van der Waals surface area contributed by atoms with Crippen molar-refractivity contribution < 1.29 is 9.90 Å². The zero-order chi connectivity index (χ0) is 12.1. The van der Waals surface area contributed by atoms with Gasteiger partial charge in [0.2, 0.25) is 5.91 Å². The molecule has 1 aliphatic heterocycles. The summed E-state index contributed by atoms with van der Waals surface area (Å²) in [6, 6.07) is 0. The molecule has 1 saturated carbocycles. The van der Waals surface area contributed by atoms with Crippen LogP contribution in [0.25, 0.3) is 0 Å². The molecule has 1 amide bonds. The predicted octanol–water partition coefficient (Wildman–Crippen LogP) is 1.94. The Balaban J connectivity index is 1.78. The number of carbonyl (C=O) groups is 1. The molecule has 1 atom stereocenters. The van der Waals surface area contributed by atoms with Crippen molar-refractivity contribution in [3.63, 3.8) is 0 Å². The molecule has 3 nitrogen and oxygen atoms in total. The van der Waals surface area contributed by atoms with Crippen LogP contribution in [0.2, 0.25) is 0 Å². The minimum atomic E-state index is -0.0189. The molecule has 0 aromatic rings. The molecule has 2 aliphatic rings. The molecule has 2 N–H and O–H groups in total. The smallest absolute Gasteiger partial charge is 0.233 e. The van der Waals surface area contributed by atoms with Gasteiger partial charge in [-0.3, -0.25) is 4.79 Å². The fourth-order valence-electron chi connectivity index (χ4n) is 2.85. The summed E-state index contributed by atoms with van der Waals surface area (Å²) in [5.41, 5.74) is -0.0189. The third-order valence-corrected chi connectivity index (χ3v) is 5.49. The highest BCUT2D eigenvalue weighted by molar-refractivity contribution is 8.00. The van der Waals surface area contributed by atoms with Gasteiger partial charge >= 0.3 is 0 Å². The molecule has 2 rings (SSSR count). The minimum Gasteiger partial charge on any atom is -0.396 e. The zero-order valence-electron chi connectivity index (χ0n) is 10.4. The summed E-state index contributed by atoms with van der Waals surface area (Å²) < 4.78 is 0. The zero-order valence-corrected chi connectivity index (χ0v) is 11.2. The lowest BCUT2D eigenvalue weighted by molar-refractivity contribution is -0.121. The first-order valence-corrected chi connectivity index (χ1v) is 7.81. The highest BCUT2D eigenvalue weighted by Crippen LogP contribution is 2.37. The van der Waals surface area contributed by atoms with Gasteiger partial charge in [-0.15, -0.1) is 11.8 Å². The summed E-state index contributed by atoms with van der Waals surface area (Å²) in [7, 11) is 0. The van der Waals surface area contributed by atoms with Gasteiger partial charge in [-0.25, -0.2) is 0 Å². The van der Waals surface area contributed by atoms with E-state index in [0.717, 1.165) is 25.0 Å². The second-order valence-electron chi connectivity index (χ2n) is 5.44. The van der Waals surface area contributed by atoms with Crippen LogP contribution >= 0.6 is 11.8 Å². The van der Waals surface area contributed by atoms with Gasteiger partial charge < -0.3 is 10.4 Å². The fraction of sp³-hybridized carbons (Fsp3) is 0.923. The van der Waals surface area contributed by atoms with Gasteiger partial charge in [-0.05, 0) is 31.4 Å². The molecule has 1 saturated heterocycles. The number of hydrogen-bond acceptors (Lipinski definition) is 3. The number of aliphatic hydroxyl groups is 1. The highest BCUT2D eigenvalue weighted by Gasteiger charge is 2.34. The summed E-state index contributed by atoms with van der Waals surface area (Å²) >= 11 is 1.79. The molecule has 0 aromatic carbocycles. The van der Waals surface area contributed by atoms with E-state index < -0.39 is 0 Å². The number of aliphatic hydroxyl groups excluding tert-OH is 1. The first kappa shape index (κ1) is 13.2. The van der Waals surface area contributed by atoms with E-state index in [2.05, 4.69) is 5.32 Å². The van der Waals surface area contributed by atoms with Gasteiger partial charge in [0.25, 0.3) is 0 Å². The number of nitrogens with one attached hydrogen (secondary N) is 1. The summed E-state index contributed by atoms with van der Waals surface area (Å²) in [6.07, 6.45) is 7.93. The fourth-order valence-corrected chi connectivity index (χ4v) is 4.08. The van der Waals surface area contributed by atoms with E-state index in [1.165, 1.54) is 25.7 Å². The maximum atomic E-state index is 12.0. The summed E-state index contributed by atoms with van der Waals surface area (Å²) in [5, 5.41) is 12.7. The Morgan fingerprint density at radius 3 is 2.65 bits per heavy atom. The third-order valence-electron chi connectivity index (χ3n) is 4.11. The number of carbonyl (C=O) groups excluding carboxylic acids is 1. The molecule has 0 aromatic heterocycles. The van der Waals surface area contributed by atoms with Crippen molar-refractivity contribution in [3.8, 4) is 0 Å². The topological polar surface area (TPSA) is 49.3 Å². The van der Waals surface area contributed by atoms with E-state index in [0.29, 0.717) is 6.54 Å². The summed E-state index contributed by atoms with van der Waals surface area (Å²) in [5.74, 6) is 1.30. The predicted molar refractivity (Wildman–Crippen MR) is 71.1 cm³/mol. The molecule has 1 aliphatic carbocycles. The second-order valence-corrected chi connectivity index (χ2v) is 6.75. The van der Waals surface area contributed by atoms with Crippen LogP contribution in [0.4, 0.5) is 0 Å². The van der Waals surface area contributed by atoms with Crippen molar-refractivity contribution in [2.24, 2.45) is 5.41 Å². The van der Waals surface area contributed by atoms with Gasteiger partial charge in [0, 0.05) is 12.0 Å². The summed E-state index contributed by atoms with van der Waals surface area (Å²) in [6.45, 7) is 0.879. The van der Waals surface area contributed by atoms with E-state index in [1.807, 2.05) is 0 Å². The lowest BCUT2D eigenvalue weighted by Crippen LogP contribution is -2.42. The standard InChI is InChI=1S/C13H23NO2S/c15-10-13(6-2-3-7-13)9-14-12(16)11-5-1-4-8-17-11/h11,15H,1-10H2,(H,14,16). The molecular weight excluding hydrogens is 234 g/mol. The molecule has 0 radical (unpaired) electrons. The third kappa shape index (κ3) is 3.38. The Hall–Kier alpha value is -0.220. The molecule has 1 unspecified atom stereocenters. The maximum absolute atomic E-state index is 12.0. The van der Waals surface area contributed by atoms with E-state index in [4.69, 9.17) is 0 Å². The molecule has 4 heteroatoms. The van der Waals surface area contributed by atoms with Gasteiger partial charge in [0.1, 0.15) is 0 Å². The Labute approximate surface area is 108 Å². The molecule has 1 heterocycles. The largest absolute Gasteiger partial charge is 0.396 e. The molecule has 98 valence electrons. The van der Waals surface area contributed by atoms with Gasteiger partial charge in [-0.1, -0.05) is 19.3 Å². The summed E-state index contributed by atoms with van der Waals surface area (Å²) in [4.78, 5) is 12.0. The monoisotopic (exact) mass is 257 g/mol. The van der Waals surface area contributed by atoms with Crippen LogP contribution in [0.5, 0.6) is 0 Å². The number of hydrogen-bond donors (Lipinski definition) is 2. The minimum absolute atomic E-state index is 0.0189. The van der Waals surface area contributed by atoms with E-state index in [-0.39, 0.29) is 23.2 Å².